The molecule has 15 heteroatoms. The van der Waals surface area contributed by atoms with Crippen LogP contribution in [-0.2, 0) is 4.74 Å². The van der Waals surface area contributed by atoms with Crippen molar-refractivity contribution in [2.45, 2.75) is 187 Å². The van der Waals surface area contributed by atoms with Gasteiger partial charge >= 0.3 is 12.1 Å². The highest BCUT2D eigenvalue weighted by molar-refractivity contribution is 6.90. The molecule has 1 unspecified atom stereocenters. The molecule has 4 heterocycles. The number of fused-ring (bicyclic) bond motifs is 4. The summed E-state index contributed by atoms with van der Waals surface area (Å²) in [7, 11) is -5.06. The molecule has 0 radical (unpaired) electrons. The van der Waals surface area contributed by atoms with E-state index in [9.17, 15) is 9.18 Å². The van der Waals surface area contributed by atoms with Gasteiger partial charge in [0.05, 0.1) is 29.8 Å². The van der Waals surface area contributed by atoms with Crippen LogP contribution in [0.1, 0.15) is 142 Å². The van der Waals surface area contributed by atoms with E-state index in [1.165, 1.54) is 12.1 Å². The molecule has 400 valence electrons. The molecule has 0 N–H and O–H groups in total. The van der Waals surface area contributed by atoms with Crippen molar-refractivity contribution in [3.05, 3.63) is 53.3 Å². The number of carbonyl (C=O) groups excluding carboxylic acids is 1. The molecule has 3 aliphatic heterocycles. The number of piperazine rings is 1. The first-order valence-electron chi connectivity index (χ1n) is 27.0. The van der Waals surface area contributed by atoms with E-state index >= 15 is 13.2 Å². The van der Waals surface area contributed by atoms with Crippen LogP contribution < -0.4 is 14.1 Å². The third-order valence-corrected chi connectivity index (χ3v) is 28.9. The molecule has 73 heavy (non-hydrogen) atoms. The predicted octanol–water partition coefficient (Wildman–Crippen LogP) is 15.0. The normalized spacial score (nSPS) is 20.1. The second-order valence-electron chi connectivity index (χ2n) is 24.7. The Balaban J connectivity index is 1.48. The lowest BCUT2D eigenvalue weighted by Crippen LogP contribution is -2.57. The number of benzene rings is 3. The first-order chi connectivity index (χ1) is 34.2. The fourth-order valence-corrected chi connectivity index (χ4v) is 23.9. The van der Waals surface area contributed by atoms with Crippen LogP contribution >= 0.6 is 0 Å². The van der Waals surface area contributed by atoms with Crippen LogP contribution in [-0.4, -0.2) is 106 Å². The number of ether oxygens (including phenoxy) is 2. The van der Waals surface area contributed by atoms with Gasteiger partial charge in [-0.15, -0.1) is 5.54 Å². The molecular formula is C58H83F4N5O4Si2. The minimum absolute atomic E-state index is 0.0804. The van der Waals surface area contributed by atoms with Crippen LogP contribution in [0.5, 0.6) is 11.8 Å². The number of alkyl halides is 1. The molecule has 3 saturated heterocycles. The zero-order valence-corrected chi connectivity index (χ0v) is 48.7. The van der Waals surface area contributed by atoms with Gasteiger partial charge in [0.1, 0.15) is 49.1 Å². The van der Waals surface area contributed by atoms with E-state index in [2.05, 4.69) is 106 Å². The summed E-state index contributed by atoms with van der Waals surface area (Å²) >= 11 is 0. The number of piperidine rings is 1. The quantitative estimate of drug-likeness (QED) is 0.0662. The monoisotopic (exact) mass is 1050 g/mol. The van der Waals surface area contributed by atoms with E-state index < -0.39 is 46.1 Å². The van der Waals surface area contributed by atoms with Crippen molar-refractivity contribution in [3.63, 3.8) is 0 Å². The predicted molar refractivity (Wildman–Crippen MR) is 294 cm³/mol. The van der Waals surface area contributed by atoms with Crippen LogP contribution in [0.4, 0.5) is 28.2 Å². The second kappa shape index (κ2) is 21.7. The Bertz CT molecular complexity index is 2670. The second-order valence-corrected chi connectivity index (χ2v) is 35.6. The number of hydrogen-bond acceptors (Lipinski definition) is 8. The molecule has 2 bridgehead atoms. The van der Waals surface area contributed by atoms with Gasteiger partial charge in [-0.3, -0.25) is 4.90 Å². The van der Waals surface area contributed by atoms with E-state index in [-0.39, 0.29) is 103 Å². The van der Waals surface area contributed by atoms with E-state index in [1.54, 1.807) is 17.0 Å². The van der Waals surface area contributed by atoms with Gasteiger partial charge in [-0.25, -0.2) is 22.4 Å². The van der Waals surface area contributed by atoms with Crippen molar-refractivity contribution >= 4 is 50.0 Å². The van der Waals surface area contributed by atoms with Crippen LogP contribution in [0.25, 0.3) is 32.8 Å². The van der Waals surface area contributed by atoms with Crippen molar-refractivity contribution in [2.24, 2.45) is 5.41 Å². The third kappa shape index (κ3) is 11.0. The fraction of sp³-hybridized carbons (Fsp3) is 0.638. The number of amides is 1. The molecule has 1 amide bonds. The molecule has 3 atom stereocenters. The van der Waals surface area contributed by atoms with E-state index in [1.807, 2.05) is 31.7 Å². The Morgan fingerprint density at radius 2 is 1.47 bits per heavy atom. The van der Waals surface area contributed by atoms with Crippen molar-refractivity contribution in [2.75, 3.05) is 50.9 Å². The molecule has 1 aromatic heterocycles. The number of anilines is 1. The summed E-state index contributed by atoms with van der Waals surface area (Å²) < 4.78 is 86.3. The van der Waals surface area contributed by atoms with Gasteiger partial charge in [0.25, 0.3) is 8.32 Å². The maximum Gasteiger partial charge on any atom is 0.410 e. The molecule has 9 nitrogen and oxygen atoms in total. The molecule has 3 fully saturated rings. The maximum atomic E-state index is 18.5. The molecule has 4 aromatic rings. The van der Waals surface area contributed by atoms with Gasteiger partial charge in [-0.1, -0.05) is 102 Å². The van der Waals surface area contributed by atoms with Gasteiger partial charge in [-0.05, 0) is 116 Å². The summed E-state index contributed by atoms with van der Waals surface area (Å²) in [6.07, 6.45) is 2.75. The summed E-state index contributed by atoms with van der Waals surface area (Å²) in [6.45, 7) is 36.0. The van der Waals surface area contributed by atoms with Gasteiger partial charge in [0.15, 0.2) is 5.82 Å². The molecule has 3 aromatic carbocycles. The van der Waals surface area contributed by atoms with Crippen LogP contribution in [0.2, 0.25) is 33.2 Å². The number of hydrogen-bond donors (Lipinski definition) is 0. The van der Waals surface area contributed by atoms with Gasteiger partial charge < -0.3 is 23.7 Å². The van der Waals surface area contributed by atoms with Crippen LogP contribution in [0.15, 0.2) is 30.3 Å². The van der Waals surface area contributed by atoms with Gasteiger partial charge in [-0.2, -0.15) is 9.97 Å². The Labute approximate surface area is 435 Å². The highest BCUT2D eigenvalue weighted by atomic mass is 28.4. The van der Waals surface area contributed by atoms with Gasteiger partial charge in [0.2, 0.25) is 0 Å². The number of nitrogens with zero attached hydrogens (tertiary/aromatic N) is 5. The minimum atomic E-state index is -2.64. The summed E-state index contributed by atoms with van der Waals surface area (Å²) in [5, 5.41) is 0.991. The molecule has 0 aliphatic carbocycles. The lowest BCUT2D eigenvalue weighted by Gasteiger charge is -2.42. The Hall–Kier alpha value is -4.40. The number of halogens is 4. The summed E-state index contributed by atoms with van der Waals surface area (Å²) in [4.78, 5) is 29.2. The van der Waals surface area contributed by atoms with Crippen LogP contribution in [0.3, 0.4) is 0 Å². The minimum Gasteiger partial charge on any atom is -0.543 e. The average molecular weight is 1050 g/mol. The van der Waals surface area contributed by atoms with Crippen LogP contribution in [0, 0.1) is 34.3 Å². The highest BCUT2D eigenvalue weighted by Crippen LogP contribution is 2.48. The summed E-state index contributed by atoms with van der Waals surface area (Å²) in [5.74, 6) is 1.70. The average Bonchev–Trinajstić information content (AvgIpc) is 3.56. The molecule has 0 spiro atoms. The first-order valence-corrected chi connectivity index (χ1v) is 31.4. The molecular weight excluding hydrogens is 963 g/mol. The number of likely N-dealkylation sites (tertiary alicyclic amines) is 1. The van der Waals surface area contributed by atoms with Crippen molar-refractivity contribution in [1.29, 1.82) is 0 Å². The Morgan fingerprint density at radius 1 is 0.849 bits per heavy atom. The van der Waals surface area contributed by atoms with E-state index in [0.29, 0.717) is 42.7 Å². The SMILES string of the molecule is CC(C)[Si](C#Cc1c(F)ccc2cc(O[Si](C(C)C)(C(C)C)C(C)C)cc(-c3c(F)cc4c(N5C[C@H]6CC[C@@H](C5)N6C(=O)OC(C)(C)C)nc(OCC5(C)CCCN(CCF)C5)nc4c3F)c12)(C(C)C)C(C)C. The molecule has 0 saturated carbocycles. The van der Waals surface area contributed by atoms with Crippen molar-refractivity contribution in [3.8, 4) is 34.4 Å². The first kappa shape index (κ1) is 56.3. The zero-order valence-electron chi connectivity index (χ0n) is 46.7. The lowest BCUT2D eigenvalue weighted by atomic mass is 9.83. The lowest BCUT2D eigenvalue weighted by molar-refractivity contribution is 0.0122. The van der Waals surface area contributed by atoms with Gasteiger partial charge in [0, 0.05) is 47.9 Å². The standard InChI is InChI=1S/C58H83F4N5O4Si2/c1-35(2)72(36(3)4,37(5)6)27-22-45-48(60)21-18-41-28-44(71-73(38(7)8,39(9)10)40(11)12)29-46(50(41)45)51-49(61)30-47-53(52(51)62)63-55(69-34-58(16)23-17-25-65(33-58)26-24-59)64-54(47)66-31-42-19-20-43(32-66)67(42)56(68)70-57(13,14)15/h18,21,28-30,35-40,42-43H,17,19-20,23-26,31-34H2,1-16H3/t42-,43+,58?. The smallest absolute Gasteiger partial charge is 0.410 e. The van der Waals surface area contributed by atoms with Crippen molar-refractivity contribution < 1.29 is 36.3 Å². The molecule has 7 rings (SSSR count). The Kier molecular flexibility index (Phi) is 16.7. The highest BCUT2D eigenvalue weighted by Gasteiger charge is 2.48. The fourth-order valence-electron chi connectivity index (χ4n) is 13.4. The van der Waals surface area contributed by atoms with Crippen molar-refractivity contribution in [1.82, 2.24) is 19.8 Å². The number of aromatic nitrogens is 2. The summed E-state index contributed by atoms with van der Waals surface area (Å²) in [6, 6.07) is 7.37. The number of rotatable bonds is 15. The molecule has 3 aliphatic rings. The number of carbonyl (C=O) groups is 1. The summed E-state index contributed by atoms with van der Waals surface area (Å²) in [5.41, 5.74) is 3.63. The maximum absolute atomic E-state index is 18.5. The zero-order chi connectivity index (χ0) is 53.7. The van der Waals surface area contributed by atoms with E-state index in [0.717, 1.165) is 32.2 Å². The largest absolute Gasteiger partial charge is 0.543 e. The third-order valence-electron chi connectivity index (χ3n) is 16.6. The Morgan fingerprint density at radius 3 is 2.03 bits per heavy atom. The topological polar surface area (TPSA) is 80.3 Å². The van der Waals surface area contributed by atoms with E-state index in [4.69, 9.17) is 23.9 Å².